The summed E-state index contributed by atoms with van der Waals surface area (Å²) in [7, 11) is 2.20. The minimum Gasteiger partial charge on any atom is -0.375 e. The van der Waals surface area contributed by atoms with Crippen molar-refractivity contribution in [3.8, 4) is 0 Å². The Morgan fingerprint density at radius 3 is 2.82 bits per heavy atom. The molecular weight excluding hydrogens is 316 g/mol. The summed E-state index contributed by atoms with van der Waals surface area (Å²) in [5.41, 5.74) is 7.04. The van der Waals surface area contributed by atoms with Crippen LogP contribution in [0.3, 0.4) is 0 Å². The van der Waals surface area contributed by atoms with Crippen molar-refractivity contribution in [2.45, 2.75) is 25.4 Å². The molecule has 0 aliphatic carbocycles. The van der Waals surface area contributed by atoms with Gasteiger partial charge in [-0.3, -0.25) is 4.90 Å². The predicted molar refractivity (Wildman–Crippen MR) is 96.9 cm³/mol. The molecule has 1 fully saturated rings. The smallest absolute Gasteiger partial charge is 0.180 e. The number of likely N-dealkylation sites (N-methyl/N-ethyl adjacent to an activating group) is 1. The topological polar surface area (TPSA) is 45.4 Å². The molecule has 1 aliphatic rings. The molecule has 22 heavy (non-hydrogen) atoms. The van der Waals surface area contributed by atoms with Gasteiger partial charge < -0.3 is 10.6 Å². The highest BCUT2D eigenvalue weighted by Crippen LogP contribution is 2.24. The summed E-state index contributed by atoms with van der Waals surface area (Å²) < 4.78 is 0. The number of para-hydroxylation sites is 1. The van der Waals surface area contributed by atoms with Gasteiger partial charge in [-0.05, 0) is 32.0 Å². The van der Waals surface area contributed by atoms with Crippen molar-refractivity contribution in [3.05, 3.63) is 41.4 Å². The van der Waals surface area contributed by atoms with Gasteiger partial charge in [0.15, 0.2) is 5.13 Å². The molecule has 4 nitrogen and oxygen atoms in total. The minimum atomic E-state index is 0. The summed E-state index contributed by atoms with van der Waals surface area (Å²) in [5, 5.41) is 0.660. The van der Waals surface area contributed by atoms with Crippen molar-refractivity contribution in [2.24, 2.45) is 0 Å². The number of nitrogens with two attached hydrogens (primary N) is 1. The number of halogens is 1. The van der Waals surface area contributed by atoms with Gasteiger partial charge in [0.1, 0.15) is 0 Å². The summed E-state index contributed by atoms with van der Waals surface area (Å²) in [6.45, 7) is 3.18. The first-order chi connectivity index (χ1) is 10.2. The molecule has 2 N–H and O–H groups in total. The molecule has 1 aromatic carbocycles. The SMILES string of the molecule is CN(Cc1cnc(N)s1)C1CCCN(c2ccccc2)C1.Cl. The molecule has 3 rings (SSSR count). The second-order valence-corrected chi connectivity index (χ2v) is 6.80. The first kappa shape index (κ1) is 17.1. The number of anilines is 2. The fourth-order valence-corrected chi connectivity index (χ4v) is 3.71. The number of hydrogen-bond acceptors (Lipinski definition) is 5. The fraction of sp³-hybridized carbons (Fsp3) is 0.438. The summed E-state index contributed by atoms with van der Waals surface area (Å²) in [6, 6.07) is 11.3. The van der Waals surface area contributed by atoms with Gasteiger partial charge in [-0.15, -0.1) is 23.7 Å². The van der Waals surface area contributed by atoms with Gasteiger partial charge in [0.05, 0.1) is 0 Å². The van der Waals surface area contributed by atoms with E-state index in [1.807, 2.05) is 6.20 Å². The molecule has 0 spiro atoms. The van der Waals surface area contributed by atoms with E-state index in [1.165, 1.54) is 23.4 Å². The summed E-state index contributed by atoms with van der Waals surface area (Å²) in [6.07, 6.45) is 4.40. The molecule has 0 amide bonds. The van der Waals surface area contributed by atoms with Gasteiger partial charge in [0.25, 0.3) is 0 Å². The second kappa shape index (κ2) is 7.81. The van der Waals surface area contributed by atoms with E-state index in [2.05, 4.69) is 52.2 Å². The molecule has 1 atom stereocenters. The lowest BCUT2D eigenvalue weighted by molar-refractivity contribution is 0.209. The molecule has 0 saturated carbocycles. The molecule has 1 aromatic heterocycles. The number of nitrogens with zero attached hydrogens (tertiary/aromatic N) is 3. The summed E-state index contributed by atoms with van der Waals surface area (Å²) in [5.74, 6) is 0. The maximum Gasteiger partial charge on any atom is 0.180 e. The molecule has 0 radical (unpaired) electrons. The quantitative estimate of drug-likeness (QED) is 0.929. The molecule has 6 heteroatoms. The third-order valence-corrected chi connectivity index (χ3v) is 4.93. The molecule has 1 aliphatic heterocycles. The van der Waals surface area contributed by atoms with Crippen LogP contribution >= 0.6 is 23.7 Å². The van der Waals surface area contributed by atoms with E-state index in [4.69, 9.17) is 5.73 Å². The standard InChI is InChI=1S/C16H22N4S.ClH/c1-19(12-15-10-18-16(17)21-15)14-8-5-9-20(11-14)13-6-3-2-4-7-13;/h2-4,6-7,10,14H,5,8-9,11-12H2,1H3,(H2,17,18);1H. The summed E-state index contributed by atoms with van der Waals surface area (Å²) in [4.78, 5) is 10.3. The first-order valence-electron chi connectivity index (χ1n) is 7.43. The predicted octanol–water partition coefficient (Wildman–Crippen LogP) is 3.25. The Labute approximate surface area is 142 Å². The lowest BCUT2D eigenvalue weighted by Crippen LogP contribution is -2.46. The van der Waals surface area contributed by atoms with Crippen molar-refractivity contribution in [2.75, 3.05) is 30.8 Å². The van der Waals surface area contributed by atoms with Crippen LogP contribution in [-0.2, 0) is 6.54 Å². The van der Waals surface area contributed by atoms with Crippen LogP contribution in [-0.4, -0.2) is 36.1 Å². The normalized spacial score (nSPS) is 18.3. The van der Waals surface area contributed by atoms with Gasteiger partial charge in [-0.25, -0.2) is 4.98 Å². The third kappa shape index (κ3) is 4.12. The van der Waals surface area contributed by atoms with Crippen LogP contribution in [0, 0.1) is 0 Å². The van der Waals surface area contributed by atoms with E-state index >= 15 is 0 Å². The zero-order chi connectivity index (χ0) is 14.7. The van der Waals surface area contributed by atoms with Crippen LogP contribution in [0.15, 0.2) is 36.5 Å². The number of thiazole rings is 1. The minimum absolute atomic E-state index is 0. The van der Waals surface area contributed by atoms with Crippen LogP contribution in [0.1, 0.15) is 17.7 Å². The van der Waals surface area contributed by atoms with Gasteiger partial charge in [-0.2, -0.15) is 0 Å². The Balaban J connectivity index is 0.00000176. The van der Waals surface area contributed by atoms with E-state index < -0.39 is 0 Å². The van der Waals surface area contributed by atoms with Gasteiger partial charge >= 0.3 is 0 Å². The van der Waals surface area contributed by atoms with Gasteiger partial charge in [-0.1, -0.05) is 18.2 Å². The molecule has 1 saturated heterocycles. The lowest BCUT2D eigenvalue weighted by atomic mass is 10.0. The van der Waals surface area contributed by atoms with E-state index in [0.717, 1.165) is 19.6 Å². The Kier molecular flexibility index (Phi) is 6.06. The average molecular weight is 339 g/mol. The number of piperidine rings is 1. The van der Waals surface area contributed by atoms with E-state index in [-0.39, 0.29) is 12.4 Å². The zero-order valence-electron chi connectivity index (χ0n) is 12.8. The van der Waals surface area contributed by atoms with E-state index in [9.17, 15) is 0 Å². The largest absolute Gasteiger partial charge is 0.375 e. The second-order valence-electron chi connectivity index (χ2n) is 5.66. The van der Waals surface area contributed by atoms with Crippen molar-refractivity contribution < 1.29 is 0 Å². The van der Waals surface area contributed by atoms with E-state index in [0.29, 0.717) is 11.2 Å². The Bertz CT molecular complexity index is 575. The van der Waals surface area contributed by atoms with Crippen LogP contribution in [0.25, 0.3) is 0 Å². The third-order valence-electron chi connectivity index (χ3n) is 4.12. The highest BCUT2D eigenvalue weighted by molar-refractivity contribution is 7.15. The Hall–Kier alpha value is -1.30. The maximum absolute atomic E-state index is 5.71. The van der Waals surface area contributed by atoms with Crippen molar-refractivity contribution >= 4 is 34.6 Å². The van der Waals surface area contributed by atoms with Gasteiger partial charge in [0.2, 0.25) is 0 Å². The van der Waals surface area contributed by atoms with Crippen LogP contribution in [0.2, 0.25) is 0 Å². The van der Waals surface area contributed by atoms with Gasteiger partial charge in [0, 0.05) is 42.4 Å². The number of hydrogen-bond donors (Lipinski definition) is 1. The number of aromatic nitrogens is 1. The summed E-state index contributed by atoms with van der Waals surface area (Å²) >= 11 is 1.59. The van der Waals surface area contributed by atoms with E-state index in [1.54, 1.807) is 11.3 Å². The molecule has 0 bridgehead atoms. The monoisotopic (exact) mass is 338 g/mol. The Morgan fingerprint density at radius 1 is 1.36 bits per heavy atom. The molecule has 1 unspecified atom stereocenters. The van der Waals surface area contributed by atoms with Crippen LogP contribution in [0.4, 0.5) is 10.8 Å². The van der Waals surface area contributed by atoms with Crippen LogP contribution in [0.5, 0.6) is 0 Å². The Morgan fingerprint density at radius 2 is 2.14 bits per heavy atom. The first-order valence-corrected chi connectivity index (χ1v) is 8.24. The zero-order valence-corrected chi connectivity index (χ0v) is 14.4. The van der Waals surface area contributed by atoms with Crippen molar-refractivity contribution in [1.82, 2.24) is 9.88 Å². The van der Waals surface area contributed by atoms with Crippen molar-refractivity contribution in [3.63, 3.8) is 0 Å². The number of benzene rings is 1. The fourth-order valence-electron chi connectivity index (χ4n) is 2.96. The highest BCUT2D eigenvalue weighted by atomic mass is 35.5. The lowest BCUT2D eigenvalue weighted by Gasteiger charge is -2.38. The molecular formula is C16H23ClN4S. The van der Waals surface area contributed by atoms with Crippen molar-refractivity contribution in [1.29, 1.82) is 0 Å². The van der Waals surface area contributed by atoms with Crippen LogP contribution < -0.4 is 10.6 Å². The molecule has 120 valence electrons. The molecule has 2 heterocycles. The average Bonchev–Trinajstić information content (AvgIpc) is 2.93. The number of nitrogen functional groups attached to an aromatic ring is 1. The highest BCUT2D eigenvalue weighted by Gasteiger charge is 2.23. The maximum atomic E-state index is 5.71. The number of rotatable bonds is 4. The molecule has 2 aromatic rings.